The standard InChI is InChI=1S/C6H8O7.3H3P/c7-3(8)1-6(13,5(11)12)2-4(9)10;;;/h13H,1-2H2,(H,7,8)(H,9,10)(H,11,12);3*1H3. The van der Waals surface area contributed by atoms with Crippen LogP contribution in [0.4, 0.5) is 0 Å². The Morgan fingerprint density at radius 3 is 1.25 bits per heavy atom. The first-order valence-corrected chi connectivity index (χ1v) is 3.11. The van der Waals surface area contributed by atoms with E-state index in [1.54, 1.807) is 0 Å². The summed E-state index contributed by atoms with van der Waals surface area (Å²) in [5.41, 5.74) is -2.97. The van der Waals surface area contributed by atoms with Crippen LogP contribution in [0.5, 0.6) is 0 Å². The SMILES string of the molecule is O=C([O-])CC(O)(CC(=O)[O-])C(=O)[O-].[PH4+].[PH4+].[PH4+]. The molecule has 0 heterocycles. The number of carbonyl (C=O) groups excluding carboxylic acids is 3. The molecule has 1 N–H and O–H groups in total. The lowest BCUT2D eigenvalue weighted by Crippen LogP contribution is -2.54. The summed E-state index contributed by atoms with van der Waals surface area (Å²) in [6.45, 7) is 0. The molecule has 7 nitrogen and oxygen atoms in total. The number of aliphatic carboxylic acids is 3. The Bertz CT molecular complexity index is 239. The van der Waals surface area contributed by atoms with Crippen LogP contribution in [0, 0.1) is 0 Å². The third-order valence-electron chi connectivity index (χ3n) is 1.25. The highest BCUT2D eigenvalue weighted by molar-refractivity contribution is 6.92. The Balaban J connectivity index is -0.000000240. The molecule has 0 saturated carbocycles. The fourth-order valence-corrected chi connectivity index (χ4v) is 0.684. The van der Waals surface area contributed by atoms with Crippen LogP contribution in [-0.4, -0.2) is 28.6 Å². The first kappa shape index (κ1) is 24.8. The zero-order chi connectivity index (χ0) is 10.6. The van der Waals surface area contributed by atoms with Crippen molar-refractivity contribution in [2.24, 2.45) is 0 Å². The number of carboxylic acids is 3. The van der Waals surface area contributed by atoms with E-state index >= 15 is 0 Å². The lowest BCUT2D eigenvalue weighted by atomic mass is 9.96. The molecule has 0 saturated heterocycles. The average Bonchev–Trinajstić information content (AvgIpc) is 1.82. The van der Waals surface area contributed by atoms with E-state index in [4.69, 9.17) is 5.11 Å². The second-order valence-corrected chi connectivity index (χ2v) is 2.42. The van der Waals surface area contributed by atoms with Crippen LogP contribution >= 0.6 is 29.7 Å². The average molecular weight is 294 g/mol. The maximum Gasteiger partial charge on any atom is 0.114 e. The van der Waals surface area contributed by atoms with Crippen LogP contribution in [0.2, 0.25) is 0 Å². The molecule has 0 aromatic carbocycles. The van der Waals surface area contributed by atoms with E-state index in [1.165, 1.54) is 0 Å². The van der Waals surface area contributed by atoms with Crippen LogP contribution in [0.1, 0.15) is 12.8 Å². The van der Waals surface area contributed by atoms with Crippen molar-refractivity contribution in [3.63, 3.8) is 0 Å². The minimum Gasteiger partial charge on any atom is -0.550 e. The minimum atomic E-state index is -2.97. The van der Waals surface area contributed by atoms with Gasteiger partial charge in [-0.2, -0.15) is 0 Å². The lowest BCUT2D eigenvalue weighted by Gasteiger charge is -2.29. The Labute approximate surface area is 101 Å². The molecule has 0 radical (unpaired) electrons. The molecule has 10 heteroatoms. The Morgan fingerprint density at radius 2 is 1.12 bits per heavy atom. The second kappa shape index (κ2) is 9.86. The van der Waals surface area contributed by atoms with Gasteiger partial charge >= 0.3 is 0 Å². The number of carboxylic acid groups (broad SMARTS) is 3. The van der Waals surface area contributed by atoms with Crippen molar-refractivity contribution < 1.29 is 34.8 Å². The van der Waals surface area contributed by atoms with E-state index in [9.17, 15) is 29.7 Å². The van der Waals surface area contributed by atoms with Gasteiger partial charge in [-0.05, 0) is 29.7 Å². The first-order valence-electron chi connectivity index (χ1n) is 3.11. The highest BCUT2D eigenvalue weighted by Crippen LogP contribution is 2.13. The molecule has 0 aromatic heterocycles. The summed E-state index contributed by atoms with van der Waals surface area (Å²) in [6, 6.07) is 0. The molecule has 16 heavy (non-hydrogen) atoms. The van der Waals surface area contributed by atoms with Crippen LogP contribution in [-0.2, 0) is 14.4 Å². The molecular weight excluding hydrogens is 277 g/mol. The third kappa shape index (κ3) is 8.93. The van der Waals surface area contributed by atoms with Crippen molar-refractivity contribution >= 4 is 47.6 Å². The molecule has 0 aliphatic carbocycles. The van der Waals surface area contributed by atoms with Crippen molar-refractivity contribution in [2.45, 2.75) is 18.4 Å². The zero-order valence-electron chi connectivity index (χ0n) is 9.31. The van der Waals surface area contributed by atoms with E-state index in [0.29, 0.717) is 0 Å². The van der Waals surface area contributed by atoms with Gasteiger partial charge < -0.3 is 34.8 Å². The van der Waals surface area contributed by atoms with Crippen molar-refractivity contribution in [1.82, 2.24) is 0 Å². The van der Waals surface area contributed by atoms with Crippen LogP contribution in [0.15, 0.2) is 0 Å². The molecule has 98 valence electrons. The molecule has 0 bridgehead atoms. The van der Waals surface area contributed by atoms with Gasteiger partial charge in [0, 0.05) is 24.8 Å². The van der Waals surface area contributed by atoms with Gasteiger partial charge in [-0.1, -0.05) is 0 Å². The highest BCUT2D eigenvalue weighted by atomic mass is 31.0. The molecule has 3 unspecified atom stereocenters. The minimum absolute atomic E-state index is 0. The van der Waals surface area contributed by atoms with E-state index in [-0.39, 0.29) is 29.7 Å². The predicted molar refractivity (Wildman–Crippen MR) is 66.7 cm³/mol. The van der Waals surface area contributed by atoms with Crippen molar-refractivity contribution in [3.8, 4) is 0 Å². The third-order valence-corrected chi connectivity index (χ3v) is 1.25. The largest absolute Gasteiger partial charge is 0.550 e. The fourth-order valence-electron chi connectivity index (χ4n) is 0.684. The predicted octanol–water partition coefficient (Wildman–Crippen LogP) is -5.88. The number of rotatable bonds is 5. The summed E-state index contributed by atoms with van der Waals surface area (Å²) in [4.78, 5) is 30.0. The van der Waals surface area contributed by atoms with Crippen LogP contribution < -0.4 is 15.3 Å². The first-order chi connectivity index (χ1) is 5.78. The van der Waals surface area contributed by atoms with Gasteiger partial charge in [0.2, 0.25) is 0 Å². The number of hydrogen-bond donors (Lipinski definition) is 1. The van der Waals surface area contributed by atoms with Gasteiger partial charge in [0.05, 0.1) is 5.97 Å². The fraction of sp³-hybridized carbons (Fsp3) is 0.500. The maximum absolute atomic E-state index is 10.1. The Kier molecular flexibility index (Phi) is 15.2. The normalized spacial score (nSPS) is 8.81. The maximum atomic E-state index is 10.1. The number of aliphatic hydroxyl groups is 1. The quantitative estimate of drug-likeness (QED) is 0.498. The Hall–Kier alpha value is -0.340. The van der Waals surface area contributed by atoms with Crippen molar-refractivity contribution in [3.05, 3.63) is 0 Å². The van der Waals surface area contributed by atoms with Crippen LogP contribution in [0.3, 0.4) is 0 Å². The molecule has 3 atom stereocenters. The van der Waals surface area contributed by atoms with Gasteiger partial charge in [-0.15, -0.1) is 0 Å². The smallest absolute Gasteiger partial charge is 0.114 e. The van der Waals surface area contributed by atoms with Gasteiger partial charge in [0.25, 0.3) is 0 Å². The Morgan fingerprint density at radius 1 is 0.875 bits per heavy atom. The van der Waals surface area contributed by atoms with Gasteiger partial charge in [0.1, 0.15) is 5.60 Å². The number of hydrogen-bond acceptors (Lipinski definition) is 7. The summed E-state index contributed by atoms with van der Waals surface area (Å²) in [6.07, 6.45) is -2.72. The monoisotopic (exact) mass is 294 g/mol. The molecular formula is C6H17O7P3. The summed E-state index contributed by atoms with van der Waals surface area (Å²) >= 11 is 0. The van der Waals surface area contributed by atoms with Gasteiger partial charge in [0.15, 0.2) is 0 Å². The summed E-state index contributed by atoms with van der Waals surface area (Å²) in [7, 11) is 0. The number of carbonyl (C=O) groups is 3. The molecule has 0 spiro atoms. The van der Waals surface area contributed by atoms with Gasteiger partial charge in [-0.3, -0.25) is 0 Å². The molecule has 0 rings (SSSR count). The van der Waals surface area contributed by atoms with E-state index < -0.39 is 36.4 Å². The summed E-state index contributed by atoms with van der Waals surface area (Å²) < 4.78 is 0. The van der Waals surface area contributed by atoms with Crippen molar-refractivity contribution in [2.75, 3.05) is 0 Å². The van der Waals surface area contributed by atoms with E-state index in [1.807, 2.05) is 0 Å². The molecule has 0 amide bonds. The second-order valence-electron chi connectivity index (χ2n) is 2.42. The molecule has 0 aliphatic rings. The van der Waals surface area contributed by atoms with Gasteiger partial charge in [-0.25, -0.2) is 0 Å². The highest BCUT2D eigenvalue weighted by Gasteiger charge is 2.29. The lowest BCUT2D eigenvalue weighted by molar-refractivity contribution is -0.339. The summed E-state index contributed by atoms with van der Waals surface area (Å²) in [5, 5.41) is 38.9. The zero-order valence-corrected chi connectivity index (χ0v) is 15.3. The van der Waals surface area contributed by atoms with Crippen LogP contribution in [0.25, 0.3) is 0 Å². The molecule has 0 aliphatic heterocycles. The topological polar surface area (TPSA) is 141 Å². The van der Waals surface area contributed by atoms with E-state index in [0.717, 1.165) is 0 Å². The van der Waals surface area contributed by atoms with E-state index in [2.05, 4.69) is 0 Å². The summed E-state index contributed by atoms with van der Waals surface area (Å²) in [5.74, 6) is -5.98. The van der Waals surface area contributed by atoms with Crippen molar-refractivity contribution in [1.29, 1.82) is 0 Å². The molecule has 0 fully saturated rings. The molecule has 0 aromatic rings.